The number of nitrogens with one attached hydrogen (secondary N) is 3. The number of halogens is 7. The SMILES string of the molecule is O=C(NNC(=O)c1cccc(C(F)(F)F)c1)C1=NOC(CNc2ncc(C(F)(F)F)cc2Cl)C1. The zero-order valence-corrected chi connectivity index (χ0v) is 17.5. The number of rotatable bonds is 5. The van der Waals surface area contributed by atoms with E-state index in [0.29, 0.717) is 18.3 Å². The summed E-state index contributed by atoms with van der Waals surface area (Å²) in [5, 5.41) is 5.96. The van der Waals surface area contributed by atoms with Gasteiger partial charge in [0, 0.05) is 18.2 Å². The van der Waals surface area contributed by atoms with Gasteiger partial charge in [0.1, 0.15) is 11.5 Å². The molecule has 15 heteroatoms. The normalized spacial score (nSPS) is 15.9. The molecule has 0 aliphatic carbocycles. The van der Waals surface area contributed by atoms with E-state index in [9.17, 15) is 35.9 Å². The molecule has 0 spiro atoms. The lowest BCUT2D eigenvalue weighted by Gasteiger charge is -2.13. The van der Waals surface area contributed by atoms with Crippen molar-refractivity contribution < 1.29 is 40.8 Å². The van der Waals surface area contributed by atoms with Gasteiger partial charge in [-0.25, -0.2) is 4.98 Å². The zero-order valence-electron chi connectivity index (χ0n) is 16.7. The molecule has 0 fully saturated rings. The van der Waals surface area contributed by atoms with E-state index in [1.54, 1.807) is 0 Å². The molecule has 182 valence electrons. The minimum atomic E-state index is -4.64. The van der Waals surface area contributed by atoms with Crippen molar-refractivity contribution in [1.82, 2.24) is 15.8 Å². The number of alkyl halides is 6. The highest BCUT2D eigenvalue weighted by atomic mass is 35.5. The topological polar surface area (TPSA) is 105 Å². The van der Waals surface area contributed by atoms with Crippen LogP contribution in [0.2, 0.25) is 5.02 Å². The fourth-order valence-corrected chi connectivity index (χ4v) is 2.93. The van der Waals surface area contributed by atoms with Crippen LogP contribution in [0, 0.1) is 0 Å². The lowest BCUT2D eigenvalue weighted by molar-refractivity contribution is -0.138. The van der Waals surface area contributed by atoms with E-state index in [-0.39, 0.29) is 35.1 Å². The van der Waals surface area contributed by atoms with Crippen molar-refractivity contribution in [2.24, 2.45) is 5.16 Å². The highest BCUT2D eigenvalue weighted by Crippen LogP contribution is 2.32. The minimum Gasteiger partial charge on any atom is -0.390 e. The summed E-state index contributed by atoms with van der Waals surface area (Å²) < 4.78 is 76.2. The summed E-state index contributed by atoms with van der Waals surface area (Å²) >= 11 is 5.79. The van der Waals surface area contributed by atoms with Crippen LogP contribution in [0.5, 0.6) is 0 Å². The Morgan fingerprint density at radius 3 is 2.35 bits per heavy atom. The van der Waals surface area contributed by atoms with E-state index >= 15 is 0 Å². The smallest absolute Gasteiger partial charge is 0.390 e. The lowest BCUT2D eigenvalue weighted by atomic mass is 10.1. The third-order valence-electron chi connectivity index (χ3n) is 4.40. The first-order valence-corrected chi connectivity index (χ1v) is 9.69. The molecule has 1 atom stereocenters. The molecular formula is C19H14ClF6N5O3. The third-order valence-corrected chi connectivity index (χ3v) is 4.69. The number of carbonyl (C=O) groups excluding carboxylic acids is 2. The Morgan fingerprint density at radius 2 is 1.71 bits per heavy atom. The highest BCUT2D eigenvalue weighted by molar-refractivity contribution is 6.39. The summed E-state index contributed by atoms with van der Waals surface area (Å²) in [6.45, 7) is -0.0189. The molecular weight excluding hydrogens is 496 g/mol. The molecule has 3 rings (SSSR count). The largest absolute Gasteiger partial charge is 0.417 e. The first-order chi connectivity index (χ1) is 15.8. The molecule has 1 aliphatic heterocycles. The molecule has 0 radical (unpaired) electrons. The van der Waals surface area contributed by atoms with Crippen LogP contribution < -0.4 is 16.2 Å². The molecule has 1 aliphatic rings. The second kappa shape index (κ2) is 9.75. The number of hydrazine groups is 1. The first kappa shape index (κ1) is 25.1. The van der Waals surface area contributed by atoms with Crippen LogP contribution in [0.25, 0.3) is 0 Å². The molecule has 34 heavy (non-hydrogen) atoms. The number of hydrogen-bond donors (Lipinski definition) is 3. The summed E-state index contributed by atoms with van der Waals surface area (Å²) in [4.78, 5) is 32.8. The number of benzene rings is 1. The maximum atomic E-state index is 12.8. The Balaban J connectivity index is 1.48. The van der Waals surface area contributed by atoms with Crippen LogP contribution >= 0.6 is 11.6 Å². The van der Waals surface area contributed by atoms with Crippen molar-refractivity contribution >= 4 is 34.9 Å². The van der Waals surface area contributed by atoms with Gasteiger partial charge in [-0.3, -0.25) is 20.4 Å². The Hall–Kier alpha value is -3.55. The molecule has 8 nitrogen and oxygen atoms in total. The maximum Gasteiger partial charge on any atom is 0.417 e. The molecule has 0 saturated heterocycles. The van der Waals surface area contributed by atoms with E-state index in [2.05, 4.69) is 15.5 Å². The van der Waals surface area contributed by atoms with Crippen molar-refractivity contribution in [2.45, 2.75) is 24.9 Å². The molecule has 1 aromatic heterocycles. The van der Waals surface area contributed by atoms with E-state index in [1.165, 1.54) is 0 Å². The van der Waals surface area contributed by atoms with Gasteiger partial charge in [0.05, 0.1) is 22.7 Å². The van der Waals surface area contributed by atoms with Crippen molar-refractivity contribution in [3.63, 3.8) is 0 Å². The second-order valence-electron chi connectivity index (χ2n) is 6.89. The third kappa shape index (κ3) is 6.27. The monoisotopic (exact) mass is 509 g/mol. The van der Waals surface area contributed by atoms with Crippen LogP contribution in [0.4, 0.5) is 32.2 Å². The fourth-order valence-electron chi connectivity index (χ4n) is 2.70. The minimum absolute atomic E-state index is 0.0189. The molecule has 0 bridgehead atoms. The van der Waals surface area contributed by atoms with Gasteiger partial charge in [0.15, 0.2) is 6.10 Å². The number of pyridine rings is 1. The van der Waals surface area contributed by atoms with Crippen LogP contribution in [-0.4, -0.2) is 35.2 Å². The van der Waals surface area contributed by atoms with Crippen LogP contribution in [0.1, 0.15) is 27.9 Å². The zero-order chi connectivity index (χ0) is 25.1. The van der Waals surface area contributed by atoms with Crippen molar-refractivity contribution in [3.05, 3.63) is 58.2 Å². The number of aromatic nitrogens is 1. The average molecular weight is 510 g/mol. The summed E-state index contributed by atoms with van der Waals surface area (Å²) in [5.74, 6) is -1.89. The standard InChI is InChI=1S/C19H14ClF6N5O3/c20-13-5-11(19(24,25)26)7-27-15(13)28-8-12-6-14(31-34-12)17(33)30-29-16(32)9-2-1-3-10(4-9)18(21,22)23/h1-5,7,12H,6,8H2,(H,27,28)(H,29,32)(H,30,33). The van der Waals surface area contributed by atoms with E-state index in [4.69, 9.17) is 16.4 Å². The lowest BCUT2D eigenvalue weighted by Crippen LogP contribution is -2.45. The van der Waals surface area contributed by atoms with Crippen molar-refractivity contribution in [3.8, 4) is 0 Å². The van der Waals surface area contributed by atoms with Gasteiger partial charge < -0.3 is 10.2 Å². The van der Waals surface area contributed by atoms with Gasteiger partial charge >= 0.3 is 12.4 Å². The number of oxime groups is 1. The molecule has 2 aromatic rings. The quantitative estimate of drug-likeness (QED) is 0.420. The number of amides is 2. The number of anilines is 1. The molecule has 0 saturated carbocycles. The van der Waals surface area contributed by atoms with E-state index < -0.39 is 41.4 Å². The highest BCUT2D eigenvalue weighted by Gasteiger charge is 2.32. The Kier molecular flexibility index (Phi) is 7.19. The first-order valence-electron chi connectivity index (χ1n) is 9.32. The maximum absolute atomic E-state index is 12.8. The molecule has 3 N–H and O–H groups in total. The van der Waals surface area contributed by atoms with E-state index in [1.807, 2.05) is 10.9 Å². The van der Waals surface area contributed by atoms with Crippen molar-refractivity contribution in [1.29, 1.82) is 0 Å². The summed E-state index contributed by atoms with van der Waals surface area (Å²) in [6.07, 6.45) is -9.39. The second-order valence-corrected chi connectivity index (χ2v) is 7.30. The Bertz CT molecular complexity index is 1120. The van der Waals surface area contributed by atoms with Gasteiger partial charge in [-0.15, -0.1) is 0 Å². The molecule has 1 unspecified atom stereocenters. The summed E-state index contributed by atoms with van der Waals surface area (Å²) in [5.41, 5.74) is 1.47. The Morgan fingerprint density at radius 1 is 1.03 bits per heavy atom. The van der Waals surface area contributed by atoms with Gasteiger partial charge in [0.25, 0.3) is 11.8 Å². The molecule has 2 heterocycles. The van der Waals surface area contributed by atoms with Gasteiger partial charge in [-0.05, 0) is 24.3 Å². The molecule has 1 aromatic carbocycles. The summed E-state index contributed by atoms with van der Waals surface area (Å²) in [7, 11) is 0. The van der Waals surface area contributed by atoms with Crippen LogP contribution in [0.15, 0.2) is 41.7 Å². The van der Waals surface area contributed by atoms with Gasteiger partial charge in [-0.2, -0.15) is 26.3 Å². The predicted octanol–water partition coefficient (Wildman–Crippen LogP) is 3.79. The molecule has 2 amide bonds. The van der Waals surface area contributed by atoms with Gasteiger partial charge in [0.2, 0.25) is 0 Å². The Labute approximate surface area is 192 Å². The predicted molar refractivity (Wildman–Crippen MR) is 107 cm³/mol. The van der Waals surface area contributed by atoms with Gasteiger partial charge in [-0.1, -0.05) is 22.8 Å². The van der Waals surface area contributed by atoms with E-state index in [0.717, 1.165) is 18.2 Å². The fraction of sp³-hybridized carbons (Fsp3) is 0.263. The average Bonchev–Trinajstić information content (AvgIpc) is 3.24. The number of carbonyl (C=O) groups is 2. The number of nitrogens with zero attached hydrogens (tertiary/aromatic N) is 2. The van der Waals surface area contributed by atoms with Crippen LogP contribution in [-0.2, 0) is 22.0 Å². The summed E-state index contributed by atoms with van der Waals surface area (Å²) in [6, 6.07) is 4.30. The number of hydrogen-bond acceptors (Lipinski definition) is 6. The van der Waals surface area contributed by atoms with Crippen molar-refractivity contribution in [2.75, 3.05) is 11.9 Å². The van der Waals surface area contributed by atoms with Crippen LogP contribution in [0.3, 0.4) is 0 Å².